The summed E-state index contributed by atoms with van der Waals surface area (Å²) >= 11 is 0. The van der Waals surface area contributed by atoms with Crippen molar-refractivity contribution in [3.63, 3.8) is 0 Å². The van der Waals surface area contributed by atoms with Gasteiger partial charge < -0.3 is 4.42 Å². The molecule has 0 fully saturated rings. The Kier molecular flexibility index (Phi) is 0.933. The molecule has 0 amide bonds. The molecule has 0 saturated carbocycles. The van der Waals surface area contributed by atoms with Crippen LogP contribution in [0.5, 0.6) is 0 Å². The number of benzene rings is 1. The molecule has 0 radical (unpaired) electrons. The molecule has 0 bridgehead atoms. The lowest BCUT2D eigenvalue weighted by Crippen LogP contribution is -2.11. The van der Waals surface area contributed by atoms with Gasteiger partial charge in [-0.1, -0.05) is 0 Å². The predicted octanol–water partition coefficient (Wildman–Crippen LogP) is 0.555. The van der Waals surface area contributed by atoms with Crippen LogP contribution in [0.2, 0.25) is 0 Å². The second-order valence-corrected chi connectivity index (χ2v) is 3.29. The Morgan fingerprint density at radius 3 is 2.53 bits per heavy atom. The minimum absolute atomic E-state index is 0.184. The minimum atomic E-state index is -0.184. The predicted molar refractivity (Wildman–Crippen MR) is 51.0 cm³/mol. The molecular weight excluding hydrogens is 196 g/mol. The van der Waals surface area contributed by atoms with E-state index in [4.69, 9.17) is 4.42 Å². The zero-order valence-electron chi connectivity index (χ0n) is 7.26. The Bertz CT molecular complexity index is 838. The van der Waals surface area contributed by atoms with Gasteiger partial charge in [-0.05, 0) is 12.1 Å². The van der Waals surface area contributed by atoms with Crippen molar-refractivity contribution in [2.75, 3.05) is 0 Å². The first-order valence-corrected chi connectivity index (χ1v) is 4.32. The zero-order chi connectivity index (χ0) is 9.99. The first-order chi connectivity index (χ1) is 7.34. The van der Waals surface area contributed by atoms with E-state index < -0.39 is 0 Å². The normalized spacial score (nSPS) is 12.3. The highest BCUT2D eigenvalue weighted by atomic mass is 16.3. The monoisotopic (exact) mass is 198 g/mol. The van der Waals surface area contributed by atoms with E-state index in [-0.39, 0.29) is 10.9 Å². The second kappa shape index (κ2) is 2.00. The fourth-order valence-electron chi connectivity index (χ4n) is 1.68. The molecule has 0 unspecified atom stereocenters. The minimum Gasteiger partial charge on any atom is -0.435 e. The van der Waals surface area contributed by atoms with E-state index in [1.165, 1.54) is 0 Å². The number of nitrogens with zero attached hydrogens (tertiary/aromatic N) is 4. The van der Waals surface area contributed by atoms with Crippen LogP contribution in [0, 0.1) is 0 Å². The molecule has 3 aromatic heterocycles. The summed E-state index contributed by atoms with van der Waals surface area (Å²) in [6, 6.07) is 3.46. The van der Waals surface area contributed by atoms with Gasteiger partial charge in [0.05, 0.1) is 5.39 Å². The van der Waals surface area contributed by atoms with Crippen LogP contribution in [0.1, 0.15) is 0 Å². The van der Waals surface area contributed by atoms with Crippen LogP contribution in [0.25, 0.3) is 33.2 Å². The van der Waals surface area contributed by atoms with Crippen molar-refractivity contribution in [3.8, 4) is 0 Å². The molecule has 0 aliphatic rings. The van der Waals surface area contributed by atoms with Gasteiger partial charge in [-0.2, -0.15) is 0 Å². The fourth-order valence-corrected chi connectivity index (χ4v) is 1.68. The zero-order valence-corrected chi connectivity index (χ0v) is 7.26. The van der Waals surface area contributed by atoms with Crippen LogP contribution in [-0.4, -0.2) is 20.4 Å². The Hall–Kier alpha value is -2.37. The molecule has 4 rings (SSSR count). The molecule has 0 saturated heterocycles. The van der Waals surface area contributed by atoms with E-state index in [9.17, 15) is 4.79 Å². The summed E-state index contributed by atoms with van der Waals surface area (Å²) in [5.41, 5.74) is 2.17. The molecule has 70 valence electrons. The van der Waals surface area contributed by atoms with E-state index in [0.29, 0.717) is 27.7 Å². The van der Waals surface area contributed by atoms with Gasteiger partial charge in [0.2, 0.25) is 5.43 Å². The van der Waals surface area contributed by atoms with Crippen molar-refractivity contribution in [2.24, 2.45) is 0 Å². The van der Waals surface area contributed by atoms with Gasteiger partial charge in [0.25, 0.3) is 5.71 Å². The molecule has 6 heteroatoms. The largest absolute Gasteiger partial charge is 0.435 e. The van der Waals surface area contributed by atoms with Gasteiger partial charge in [-0.25, -0.2) is 0 Å². The van der Waals surface area contributed by atoms with Crippen LogP contribution in [0.3, 0.4) is 0 Å². The summed E-state index contributed by atoms with van der Waals surface area (Å²) < 4.78 is 5.37. The molecule has 0 aliphatic carbocycles. The summed E-state index contributed by atoms with van der Waals surface area (Å²) in [6.07, 6.45) is 0. The molecule has 15 heavy (non-hydrogen) atoms. The number of fused-ring (bicyclic) bond motifs is 4. The molecule has 3 heterocycles. The third kappa shape index (κ3) is 0.653. The summed E-state index contributed by atoms with van der Waals surface area (Å²) in [7, 11) is 0. The van der Waals surface area contributed by atoms with Crippen molar-refractivity contribution in [1.29, 1.82) is 0 Å². The molecule has 0 spiro atoms. The SMILES string of the molecule is O=c1c2nnc2oc2ccc3nnc3c12. The van der Waals surface area contributed by atoms with Gasteiger partial charge in [-0.3, -0.25) is 4.79 Å². The van der Waals surface area contributed by atoms with Crippen LogP contribution < -0.4 is 5.43 Å². The topological polar surface area (TPSA) is 81.8 Å². The first-order valence-electron chi connectivity index (χ1n) is 4.32. The lowest BCUT2D eigenvalue weighted by molar-refractivity contribution is 0.624. The van der Waals surface area contributed by atoms with Gasteiger partial charge in [0.15, 0.2) is 5.52 Å². The maximum absolute atomic E-state index is 11.9. The highest BCUT2D eigenvalue weighted by Gasteiger charge is 2.17. The van der Waals surface area contributed by atoms with E-state index in [1.54, 1.807) is 12.1 Å². The van der Waals surface area contributed by atoms with E-state index >= 15 is 0 Å². The summed E-state index contributed by atoms with van der Waals surface area (Å²) in [5.74, 6) is 0. The lowest BCUT2D eigenvalue weighted by Gasteiger charge is -2.04. The number of rotatable bonds is 0. The standard InChI is InChI=1S/C9H2N4O2/c14-8-5-4(15-9-7(8)12-13-9)2-1-3-6(5)11-10-3/h1-2H. The smallest absolute Gasteiger partial charge is 0.271 e. The van der Waals surface area contributed by atoms with Crippen LogP contribution in [0.15, 0.2) is 21.3 Å². The molecule has 0 aliphatic heterocycles. The van der Waals surface area contributed by atoms with Crippen molar-refractivity contribution in [3.05, 3.63) is 22.4 Å². The Labute approximate surface area is 81.2 Å². The Morgan fingerprint density at radius 2 is 1.87 bits per heavy atom. The van der Waals surface area contributed by atoms with Gasteiger partial charge >= 0.3 is 0 Å². The Balaban J connectivity index is 2.43. The average molecular weight is 198 g/mol. The molecule has 1 aromatic carbocycles. The maximum Gasteiger partial charge on any atom is 0.271 e. The van der Waals surface area contributed by atoms with Crippen molar-refractivity contribution < 1.29 is 4.42 Å². The number of aromatic nitrogens is 4. The van der Waals surface area contributed by atoms with Crippen LogP contribution >= 0.6 is 0 Å². The maximum atomic E-state index is 11.9. The second-order valence-electron chi connectivity index (χ2n) is 3.29. The fraction of sp³-hybridized carbons (Fsp3) is 0. The van der Waals surface area contributed by atoms with E-state index in [1.807, 2.05) is 0 Å². The van der Waals surface area contributed by atoms with E-state index in [0.717, 1.165) is 0 Å². The average Bonchev–Trinajstić information content (AvgIpc) is 2.13. The number of hydrogen-bond acceptors (Lipinski definition) is 6. The molecule has 0 atom stereocenters. The summed E-state index contributed by atoms with van der Waals surface area (Å²) in [6.45, 7) is 0. The highest BCUT2D eigenvalue weighted by molar-refractivity contribution is 6.04. The Morgan fingerprint density at radius 1 is 1.00 bits per heavy atom. The quantitative estimate of drug-likeness (QED) is 0.410. The van der Waals surface area contributed by atoms with Crippen LogP contribution in [0.4, 0.5) is 0 Å². The van der Waals surface area contributed by atoms with Gasteiger partial charge in [-0.15, -0.1) is 20.4 Å². The summed E-state index contributed by atoms with van der Waals surface area (Å²) in [4.78, 5) is 11.9. The van der Waals surface area contributed by atoms with Gasteiger partial charge in [0.1, 0.15) is 16.6 Å². The molecule has 4 aromatic rings. The van der Waals surface area contributed by atoms with E-state index in [2.05, 4.69) is 20.4 Å². The molecule has 6 nitrogen and oxygen atoms in total. The summed E-state index contributed by atoms with van der Waals surface area (Å²) in [5, 5.41) is 15.3. The number of hydrogen-bond donors (Lipinski definition) is 0. The third-order valence-electron chi connectivity index (χ3n) is 2.47. The van der Waals surface area contributed by atoms with Gasteiger partial charge in [0, 0.05) is 0 Å². The van der Waals surface area contributed by atoms with Crippen molar-refractivity contribution in [1.82, 2.24) is 20.4 Å². The first kappa shape index (κ1) is 6.99. The highest BCUT2D eigenvalue weighted by Crippen LogP contribution is 2.23. The molecular formula is C9H2N4O2. The van der Waals surface area contributed by atoms with Crippen molar-refractivity contribution >= 4 is 33.2 Å². The van der Waals surface area contributed by atoms with Crippen molar-refractivity contribution in [2.45, 2.75) is 0 Å². The van der Waals surface area contributed by atoms with Crippen LogP contribution in [-0.2, 0) is 0 Å². The lowest BCUT2D eigenvalue weighted by atomic mass is 10.1. The molecule has 0 N–H and O–H groups in total. The third-order valence-corrected chi connectivity index (χ3v) is 2.47.